The van der Waals surface area contributed by atoms with Gasteiger partial charge in [0, 0.05) is 19.2 Å². The summed E-state index contributed by atoms with van der Waals surface area (Å²) in [5.41, 5.74) is 3.17. The van der Waals surface area contributed by atoms with E-state index in [0.29, 0.717) is 0 Å². The summed E-state index contributed by atoms with van der Waals surface area (Å²) < 4.78 is 5.45. The molecule has 0 amide bonds. The van der Waals surface area contributed by atoms with E-state index in [9.17, 15) is 0 Å². The van der Waals surface area contributed by atoms with Crippen molar-refractivity contribution in [3.05, 3.63) is 35.4 Å². The molecule has 0 unspecified atom stereocenters. The molecular formula is C19H29NO. The molecule has 3 rings (SSSR count). The summed E-state index contributed by atoms with van der Waals surface area (Å²) in [6.07, 6.45) is 10.7. The fourth-order valence-corrected chi connectivity index (χ4v) is 3.89. The first-order valence-corrected chi connectivity index (χ1v) is 8.61. The summed E-state index contributed by atoms with van der Waals surface area (Å²) in [7, 11) is 1.82. The normalized spacial score (nSPS) is 21.4. The number of hydrogen-bond acceptors (Lipinski definition) is 2. The average Bonchev–Trinajstić information content (AvgIpc) is 2.91. The van der Waals surface area contributed by atoms with E-state index in [2.05, 4.69) is 29.6 Å². The highest BCUT2D eigenvalue weighted by Crippen LogP contribution is 2.31. The fraction of sp³-hybridized carbons (Fsp3) is 0.684. The predicted molar refractivity (Wildman–Crippen MR) is 87.4 cm³/mol. The van der Waals surface area contributed by atoms with Gasteiger partial charge in [-0.05, 0) is 36.3 Å². The van der Waals surface area contributed by atoms with Crippen LogP contribution in [0.25, 0.3) is 0 Å². The number of rotatable bonds is 7. The highest BCUT2D eigenvalue weighted by Gasteiger charge is 2.33. The molecule has 21 heavy (non-hydrogen) atoms. The SMILES string of the molecule is COCC1(NCc2cccc(CC3CCC3)c2)CCCC1. The molecule has 0 heterocycles. The highest BCUT2D eigenvalue weighted by molar-refractivity contribution is 5.24. The van der Waals surface area contributed by atoms with Crippen LogP contribution in [0.15, 0.2) is 24.3 Å². The molecule has 0 saturated heterocycles. The summed E-state index contributed by atoms with van der Waals surface area (Å²) in [4.78, 5) is 0. The van der Waals surface area contributed by atoms with Gasteiger partial charge in [-0.25, -0.2) is 0 Å². The molecule has 0 radical (unpaired) electrons. The first-order valence-electron chi connectivity index (χ1n) is 8.61. The van der Waals surface area contributed by atoms with Gasteiger partial charge in [0.05, 0.1) is 6.61 Å². The molecule has 0 spiro atoms. The first kappa shape index (κ1) is 15.1. The molecule has 2 heteroatoms. The molecule has 116 valence electrons. The largest absolute Gasteiger partial charge is 0.383 e. The number of methoxy groups -OCH3 is 1. The van der Waals surface area contributed by atoms with Gasteiger partial charge in [0.15, 0.2) is 0 Å². The molecule has 0 atom stereocenters. The van der Waals surface area contributed by atoms with Crippen molar-refractivity contribution in [1.82, 2.24) is 5.32 Å². The molecule has 0 aromatic heterocycles. The Kier molecular flexibility index (Phi) is 4.97. The van der Waals surface area contributed by atoms with Crippen LogP contribution in [0, 0.1) is 5.92 Å². The summed E-state index contributed by atoms with van der Waals surface area (Å²) in [5.74, 6) is 0.947. The van der Waals surface area contributed by atoms with Crippen molar-refractivity contribution >= 4 is 0 Å². The van der Waals surface area contributed by atoms with E-state index in [1.807, 2.05) is 7.11 Å². The van der Waals surface area contributed by atoms with Crippen LogP contribution in [0.3, 0.4) is 0 Å². The molecular weight excluding hydrogens is 258 g/mol. The van der Waals surface area contributed by atoms with Gasteiger partial charge in [0.25, 0.3) is 0 Å². The zero-order valence-corrected chi connectivity index (χ0v) is 13.4. The molecule has 0 bridgehead atoms. The maximum absolute atomic E-state index is 5.45. The summed E-state index contributed by atoms with van der Waals surface area (Å²) in [6.45, 7) is 1.82. The molecule has 1 N–H and O–H groups in total. The maximum Gasteiger partial charge on any atom is 0.0644 e. The van der Waals surface area contributed by atoms with Crippen LogP contribution >= 0.6 is 0 Å². The Labute approximate surface area is 129 Å². The number of nitrogens with one attached hydrogen (secondary N) is 1. The fourth-order valence-electron chi connectivity index (χ4n) is 3.89. The Hall–Kier alpha value is -0.860. The van der Waals surface area contributed by atoms with Gasteiger partial charge in [-0.1, -0.05) is 56.4 Å². The van der Waals surface area contributed by atoms with E-state index in [1.165, 1.54) is 62.5 Å². The monoisotopic (exact) mass is 287 g/mol. The molecule has 1 aromatic carbocycles. The van der Waals surface area contributed by atoms with E-state index in [-0.39, 0.29) is 5.54 Å². The molecule has 2 aliphatic rings. The maximum atomic E-state index is 5.45. The second-order valence-corrected chi connectivity index (χ2v) is 7.10. The molecule has 2 saturated carbocycles. The van der Waals surface area contributed by atoms with Gasteiger partial charge < -0.3 is 10.1 Å². The van der Waals surface area contributed by atoms with Crippen molar-refractivity contribution in [3.8, 4) is 0 Å². The Bertz CT molecular complexity index is 447. The Morgan fingerprint density at radius 2 is 1.90 bits per heavy atom. The third-order valence-corrected chi connectivity index (χ3v) is 5.39. The minimum absolute atomic E-state index is 0.221. The molecule has 2 aliphatic carbocycles. The number of benzene rings is 1. The number of hydrogen-bond donors (Lipinski definition) is 1. The van der Waals surface area contributed by atoms with Crippen LogP contribution in [0.2, 0.25) is 0 Å². The van der Waals surface area contributed by atoms with Crippen LogP contribution in [-0.4, -0.2) is 19.3 Å². The van der Waals surface area contributed by atoms with E-state index in [4.69, 9.17) is 4.74 Å². The van der Waals surface area contributed by atoms with Gasteiger partial charge in [-0.3, -0.25) is 0 Å². The van der Waals surface area contributed by atoms with E-state index < -0.39 is 0 Å². The van der Waals surface area contributed by atoms with Crippen LogP contribution < -0.4 is 5.32 Å². The lowest BCUT2D eigenvalue weighted by molar-refractivity contribution is 0.110. The van der Waals surface area contributed by atoms with Crippen LogP contribution in [0.4, 0.5) is 0 Å². The van der Waals surface area contributed by atoms with E-state index in [0.717, 1.165) is 19.1 Å². The summed E-state index contributed by atoms with van der Waals surface area (Å²) >= 11 is 0. The third-order valence-electron chi connectivity index (χ3n) is 5.39. The topological polar surface area (TPSA) is 21.3 Å². The Morgan fingerprint density at radius 1 is 1.14 bits per heavy atom. The standard InChI is InChI=1S/C19H29NO/c1-21-15-19(10-2-3-11-19)20-14-18-9-5-8-17(13-18)12-16-6-4-7-16/h5,8-9,13,16,20H,2-4,6-7,10-12,14-15H2,1H3. The van der Waals surface area contributed by atoms with E-state index >= 15 is 0 Å². The van der Waals surface area contributed by atoms with Crippen molar-refractivity contribution in [2.24, 2.45) is 5.92 Å². The van der Waals surface area contributed by atoms with Crippen molar-refractivity contribution in [1.29, 1.82) is 0 Å². The lowest BCUT2D eigenvalue weighted by Gasteiger charge is -2.30. The summed E-state index contributed by atoms with van der Waals surface area (Å²) in [6, 6.07) is 9.18. The average molecular weight is 287 g/mol. The molecule has 2 fully saturated rings. The van der Waals surface area contributed by atoms with E-state index in [1.54, 1.807) is 0 Å². The Balaban J connectivity index is 1.57. The van der Waals surface area contributed by atoms with Crippen molar-refractivity contribution in [3.63, 3.8) is 0 Å². The van der Waals surface area contributed by atoms with Crippen molar-refractivity contribution < 1.29 is 4.74 Å². The van der Waals surface area contributed by atoms with Crippen molar-refractivity contribution in [2.45, 2.75) is 63.5 Å². The van der Waals surface area contributed by atoms with Gasteiger partial charge in [-0.15, -0.1) is 0 Å². The zero-order valence-electron chi connectivity index (χ0n) is 13.4. The van der Waals surface area contributed by atoms with Gasteiger partial charge in [0.2, 0.25) is 0 Å². The van der Waals surface area contributed by atoms with Crippen molar-refractivity contribution in [2.75, 3.05) is 13.7 Å². The minimum atomic E-state index is 0.221. The molecule has 2 nitrogen and oxygen atoms in total. The summed E-state index contributed by atoms with van der Waals surface area (Å²) in [5, 5.41) is 3.80. The predicted octanol–water partition coefficient (Wildman–Crippen LogP) is 4.08. The van der Waals surface area contributed by atoms with Gasteiger partial charge in [-0.2, -0.15) is 0 Å². The van der Waals surface area contributed by atoms with Crippen LogP contribution in [0.5, 0.6) is 0 Å². The lowest BCUT2D eigenvalue weighted by Crippen LogP contribution is -2.46. The van der Waals surface area contributed by atoms with Gasteiger partial charge in [0.1, 0.15) is 0 Å². The first-order chi connectivity index (χ1) is 10.3. The zero-order chi connectivity index (χ0) is 14.5. The van der Waals surface area contributed by atoms with Gasteiger partial charge >= 0.3 is 0 Å². The quantitative estimate of drug-likeness (QED) is 0.816. The van der Waals surface area contributed by atoms with Crippen LogP contribution in [-0.2, 0) is 17.7 Å². The Morgan fingerprint density at radius 3 is 2.57 bits per heavy atom. The number of ether oxygens (including phenoxy) is 1. The second kappa shape index (κ2) is 6.93. The third kappa shape index (κ3) is 3.87. The highest BCUT2D eigenvalue weighted by atomic mass is 16.5. The smallest absolute Gasteiger partial charge is 0.0644 e. The lowest BCUT2D eigenvalue weighted by atomic mass is 9.81. The second-order valence-electron chi connectivity index (χ2n) is 7.10. The minimum Gasteiger partial charge on any atom is -0.383 e. The molecule has 1 aromatic rings. The van der Waals surface area contributed by atoms with Crippen LogP contribution in [0.1, 0.15) is 56.1 Å². The molecule has 0 aliphatic heterocycles.